The summed E-state index contributed by atoms with van der Waals surface area (Å²) in [6, 6.07) is 18.7. The molecule has 2 nitrogen and oxygen atoms in total. The molecule has 0 amide bonds. The lowest BCUT2D eigenvalue weighted by atomic mass is 10.2. The van der Waals surface area contributed by atoms with Crippen LogP contribution in [0.3, 0.4) is 0 Å². The zero-order valence-corrected chi connectivity index (χ0v) is 12.7. The van der Waals surface area contributed by atoms with Gasteiger partial charge in [-0.2, -0.15) is 0 Å². The lowest BCUT2D eigenvalue weighted by molar-refractivity contribution is 0.322. The van der Waals surface area contributed by atoms with Gasteiger partial charge in [-0.1, -0.05) is 42.5 Å². The van der Waals surface area contributed by atoms with Crippen LogP contribution in [0.25, 0.3) is 6.08 Å². The van der Waals surface area contributed by atoms with Gasteiger partial charge in [0.1, 0.15) is 5.75 Å². The quantitative estimate of drug-likeness (QED) is 0.903. The molecule has 108 valence electrons. The average molecular weight is 297 g/mol. The first kappa shape index (κ1) is 14.2. The van der Waals surface area contributed by atoms with E-state index in [-0.39, 0.29) is 0 Å². The van der Waals surface area contributed by atoms with Crippen LogP contribution in [-0.4, -0.2) is 19.0 Å². The molecule has 0 bridgehead atoms. The van der Waals surface area contributed by atoms with E-state index >= 15 is 0 Å². The molecule has 0 atom stereocenters. The predicted octanol–water partition coefficient (Wildman–Crippen LogP) is 3.94. The lowest BCUT2D eigenvalue weighted by Crippen LogP contribution is -2.04. The van der Waals surface area contributed by atoms with Gasteiger partial charge in [-0.25, -0.2) is 0 Å². The highest BCUT2D eigenvalue weighted by molar-refractivity contribution is 8.03. The largest absolute Gasteiger partial charge is 0.493 e. The van der Waals surface area contributed by atoms with Crippen molar-refractivity contribution in [2.75, 3.05) is 19.0 Å². The first-order valence-corrected chi connectivity index (χ1v) is 8.19. The van der Waals surface area contributed by atoms with Crippen LogP contribution in [0.1, 0.15) is 11.1 Å². The van der Waals surface area contributed by atoms with Gasteiger partial charge in [-0.15, -0.1) is 11.8 Å². The Balaban J connectivity index is 1.51. The fourth-order valence-electron chi connectivity index (χ4n) is 2.24. The van der Waals surface area contributed by atoms with Crippen LogP contribution in [0.2, 0.25) is 0 Å². The number of nitrogens with one attached hydrogen (secondary N) is 1. The maximum Gasteiger partial charge on any atom is 0.119 e. The van der Waals surface area contributed by atoms with Crippen molar-refractivity contribution < 1.29 is 4.74 Å². The van der Waals surface area contributed by atoms with Crippen molar-refractivity contribution in [3.8, 4) is 5.75 Å². The van der Waals surface area contributed by atoms with E-state index in [0.717, 1.165) is 24.6 Å². The third-order valence-electron chi connectivity index (χ3n) is 3.37. The van der Waals surface area contributed by atoms with Crippen molar-refractivity contribution in [2.24, 2.45) is 0 Å². The van der Waals surface area contributed by atoms with Crippen molar-refractivity contribution in [3.05, 3.63) is 70.6 Å². The second-order valence-corrected chi connectivity index (χ2v) is 6.08. The molecule has 2 aromatic carbocycles. The Hall–Kier alpha value is -1.71. The normalized spacial score (nSPS) is 16.3. The summed E-state index contributed by atoms with van der Waals surface area (Å²) in [6.07, 6.45) is 3.17. The lowest BCUT2D eigenvalue weighted by Gasteiger charge is -2.06. The first-order valence-electron chi connectivity index (χ1n) is 7.21. The molecule has 1 heterocycles. The minimum atomic E-state index is 0.713. The Morgan fingerprint density at radius 2 is 1.86 bits per heavy atom. The van der Waals surface area contributed by atoms with Crippen LogP contribution in [0.4, 0.5) is 0 Å². The van der Waals surface area contributed by atoms with E-state index < -0.39 is 0 Å². The van der Waals surface area contributed by atoms with Crippen molar-refractivity contribution in [1.82, 2.24) is 5.32 Å². The second-order valence-electron chi connectivity index (χ2n) is 4.98. The number of thioether (sulfide) groups is 1. The molecule has 3 heteroatoms. The van der Waals surface area contributed by atoms with E-state index in [2.05, 4.69) is 47.8 Å². The van der Waals surface area contributed by atoms with Gasteiger partial charge in [0.2, 0.25) is 0 Å². The average Bonchev–Trinajstić information content (AvgIpc) is 3.03. The Morgan fingerprint density at radius 3 is 2.57 bits per heavy atom. The van der Waals surface area contributed by atoms with Crippen LogP contribution >= 0.6 is 11.8 Å². The number of rotatable bonds is 5. The third kappa shape index (κ3) is 4.38. The van der Waals surface area contributed by atoms with Gasteiger partial charge in [0.25, 0.3) is 0 Å². The number of hydrogen-bond donors (Lipinski definition) is 1. The highest BCUT2D eigenvalue weighted by Gasteiger charge is 2.05. The molecule has 0 radical (unpaired) electrons. The van der Waals surface area contributed by atoms with Crippen LogP contribution in [0.15, 0.2) is 59.5 Å². The maximum atomic E-state index is 5.80. The summed E-state index contributed by atoms with van der Waals surface area (Å²) in [5, 5.41) is 3.32. The zero-order chi connectivity index (χ0) is 14.3. The highest BCUT2D eigenvalue weighted by Crippen LogP contribution is 2.23. The molecule has 0 aliphatic carbocycles. The van der Waals surface area contributed by atoms with Gasteiger partial charge in [0.15, 0.2) is 0 Å². The van der Waals surface area contributed by atoms with E-state index in [1.54, 1.807) is 0 Å². The monoisotopic (exact) mass is 297 g/mol. The molecule has 0 saturated carbocycles. The molecule has 0 spiro atoms. The van der Waals surface area contributed by atoms with Crippen molar-refractivity contribution in [2.45, 2.75) is 6.42 Å². The van der Waals surface area contributed by atoms with Gasteiger partial charge >= 0.3 is 0 Å². The fourth-order valence-corrected chi connectivity index (χ4v) is 3.05. The number of ether oxygens (including phenoxy) is 1. The molecule has 1 N–H and O–H groups in total. The van der Waals surface area contributed by atoms with E-state index in [1.807, 2.05) is 30.0 Å². The van der Waals surface area contributed by atoms with Gasteiger partial charge in [0.05, 0.1) is 6.61 Å². The SMILES string of the molecule is C(=C1CNCS1)c1ccc(OCCc2ccccc2)cc1. The second kappa shape index (κ2) is 7.34. The van der Waals surface area contributed by atoms with Gasteiger partial charge in [-0.3, -0.25) is 0 Å². The Morgan fingerprint density at radius 1 is 1.05 bits per heavy atom. The third-order valence-corrected chi connectivity index (χ3v) is 4.35. The fraction of sp³-hybridized carbons (Fsp3) is 0.222. The molecule has 2 aromatic rings. The molecule has 1 fully saturated rings. The van der Waals surface area contributed by atoms with E-state index in [9.17, 15) is 0 Å². The minimum absolute atomic E-state index is 0.713. The maximum absolute atomic E-state index is 5.80. The molecule has 1 aliphatic rings. The van der Waals surface area contributed by atoms with Crippen molar-refractivity contribution in [3.63, 3.8) is 0 Å². The summed E-state index contributed by atoms with van der Waals surface area (Å²) in [5.74, 6) is 1.96. The van der Waals surface area contributed by atoms with Gasteiger partial charge in [0, 0.05) is 23.7 Å². The van der Waals surface area contributed by atoms with Crippen LogP contribution in [0.5, 0.6) is 5.75 Å². The minimum Gasteiger partial charge on any atom is -0.493 e. The molecular weight excluding hydrogens is 278 g/mol. The Kier molecular flexibility index (Phi) is 4.98. The molecule has 1 aliphatic heterocycles. The standard InChI is InChI=1S/C18H19NOS/c1-2-4-15(5-3-1)10-11-20-17-8-6-16(7-9-17)12-18-13-19-14-21-18/h1-9,12,19H,10-11,13-14H2. The summed E-state index contributed by atoms with van der Waals surface area (Å²) in [4.78, 5) is 1.40. The van der Waals surface area contributed by atoms with Crippen LogP contribution in [0, 0.1) is 0 Å². The van der Waals surface area contributed by atoms with E-state index in [4.69, 9.17) is 4.74 Å². The zero-order valence-electron chi connectivity index (χ0n) is 11.9. The molecule has 3 rings (SSSR count). The summed E-state index contributed by atoms with van der Waals surface area (Å²) >= 11 is 1.87. The van der Waals surface area contributed by atoms with E-state index in [0.29, 0.717) is 6.61 Å². The smallest absolute Gasteiger partial charge is 0.119 e. The number of benzene rings is 2. The van der Waals surface area contributed by atoms with E-state index in [1.165, 1.54) is 16.0 Å². The summed E-state index contributed by atoms with van der Waals surface area (Å²) < 4.78 is 5.80. The van der Waals surface area contributed by atoms with Crippen molar-refractivity contribution >= 4 is 17.8 Å². The molecule has 21 heavy (non-hydrogen) atoms. The summed E-state index contributed by atoms with van der Waals surface area (Å²) in [6.45, 7) is 1.70. The first-order chi connectivity index (χ1) is 10.4. The molecule has 0 aromatic heterocycles. The Labute approximate surface area is 130 Å². The topological polar surface area (TPSA) is 21.3 Å². The van der Waals surface area contributed by atoms with Gasteiger partial charge < -0.3 is 10.1 Å². The van der Waals surface area contributed by atoms with Crippen molar-refractivity contribution in [1.29, 1.82) is 0 Å². The highest BCUT2D eigenvalue weighted by atomic mass is 32.2. The van der Waals surface area contributed by atoms with Crippen LogP contribution < -0.4 is 10.1 Å². The predicted molar refractivity (Wildman–Crippen MR) is 90.5 cm³/mol. The summed E-state index contributed by atoms with van der Waals surface area (Å²) in [7, 11) is 0. The molecule has 0 unspecified atom stereocenters. The summed E-state index contributed by atoms with van der Waals surface area (Å²) in [5.41, 5.74) is 2.54. The van der Waals surface area contributed by atoms with Gasteiger partial charge in [-0.05, 0) is 29.3 Å². The number of hydrogen-bond acceptors (Lipinski definition) is 3. The molecular formula is C18H19NOS. The van der Waals surface area contributed by atoms with Crippen LogP contribution in [-0.2, 0) is 6.42 Å². The molecule has 1 saturated heterocycles. The Bertz CT molecular complexity index is 584.